The van der Waals surface area contributed by atoms with Crippen LogP contribution in [0.15, 0.2) is 83.5 Å². The van der Waals surface area contributed by atoms with Crippen LogP contribution in [-0.2, 0) is 44.9 Å². The Balaban J connectivity index is 0.00000748. The number of fused-ring (bicyclic) bond motifs is 3. The summed E-state index contributed by atoms with van der Waals surface area (Å²) in [5.74, 6) is -1.13. The molecule has 0 saturated carbocycles. The molecule has 17 heteroatoms. The first-order valence-electron chi connectivity index (χ1n) is 20.7. The SMILES string of the molecule is CCN1c2cc3c(cc2C(C)=CC1(C)C)C(=CC=CC=CC1=[N+](CCCS(=O)(=O)[O-])c2ccc(S(=O)(=O)[O-])cc2C1(C)CCCC(=O)ON1C(=O)CCC1=O)C=C(C(C)(C)C)O3.[Na+]. The molecule has 1 unspecified atom stereocenters. The number of likely N-dealkylation sites (N-methyl/N-ethyl adjacent to an activating group) is 1. The van der Waals surface area contributed by atoms with Crippen molar-refractivity contribution < 1.29 is 84.0 Å². The third-order valence-corrected chi connectivity index (χ3v) is 13.4. The topological polar surface area (TPSA) is 194 Å². The molecule has 6 rings (SSSR count). The normalized spacial score (nSPS) is 20.4. The van der Waals surface area contributed by atoms with Crippen LogP contribution in [0.3, 0.4) is 0 Å². The van der Waals surface area contributed by atoms with Crippen LogP contribution >= 0.6 is 0 Å². The summed E-state index contributed by atoms with van der Waals surface area (Å²) in [7, 11) is -9.45. The Kier molecular flexibility index (Phi) is 14.8. The van der Waals surface area contributed by atoms with Gasteiger partial charge in [0.05, 0.1) is 26.0 Å². The Hall–Kier alpha value is -4.16. The third-order valence-electron chi connectivity index (χ3n) is 11.7. The largest absolute Gasteiger partial charge is 1.00 e. The van der Waals surface area contributed by atoms with Gasteiger partial charge in [-0.25, -0.2) is 21.6 Å². The zero-order chi connectivity index (χ0) is 45.6. The molecule has 0 aromatic heterocycles. The molecule has 0 spiro atoms. The fourth-order valence-electron chi connectivity index (χ4n) is 8.72. The van der Waals surface area contributed by atoms with Crippen LogP contribution < -0.4 is 39.2 Å². The van der Waals surface area contributed by atoms with E-state index < -0.39 is 54.1 Å². The van der Waals surface area contributed by atoms with Gasteiger partial charge in [-0.15, -0.1) is 5.06 Å². The van der Waals surface area contributed by atoms with Crippen molar-refractivity contribution in [3.8, 4) is 5.75 Å². The molecule has 332 valence electrons. The van der Waals surface area contributed by atoms with Crippen molar-refractivity contribution in [1.29, 1.82) is 0 Å². The Morgan fingerprint density at radius 3 is 2.27 bits per heavy atom. The Morgan fingerprint density at radius 1 is 0.968 bits per heavy atom. The number of allylic oxidation sites excluding steroid dienone is 9. The van der Waals surface area contributed by atoms with Gasteiger partial charge < -0.3 is 23.6 Å². The van der Waals surface area contributed by atoms with Crippen molar-refractivity contribution >= 4 is 66.3 Å². The van der Waals surface area contributed by atoms with E-state index in [9.17, 15) is 40.3 Å². The summed E-state index contributed by atoms with van der Waals surface area (Å²) in [4.78, 5) is 43.9. The number of hydrogen-bond acceptors (Lipinski definition) is 12. The number of hydroxylamine groups is 2. The molecular formula is C46H54N3NaO11S2. The summed E-state index contributed by atoms with van der Waals surface area (Å²) in [6.45, 7) is 17.6. The third kappa shape index (κ3) is 10.9. The summed E-state index contributed by atoms with van der Waals surface area (Å²) >= 11 is 0. The second kappa shape index (κ2) is 18.7. The zero-order valence-electron chi connectivity index (χ0n) is 37.4. The predicted molar refractivity (Wildman–Crippen MR) is 233 cm³/mol. The Labute approximate surface area is 392 Å². The maximum absolute atomic E-state index is 12.8. The van der Waals surface area contributed by atoms with Crippen LogP contribution in [0.5, 0.6) is 5.75 Å². The van der Waals surface area contributed by atoms with Gasteiger partial charge in [0.2, 0.25) is 5.69 Å². The van der Waals surface area contributed by atoms with Crippen molar-refractivity contribution in [2.75, 3.05) is 23.7 Å². The summed E-state index contributed by atoms with van der Waals surface area (Å²) in [6.07, 6.45) is 13.6. The van der Waals surface area contributed by atoms with Gasteiger partial charge >= 0.3 is 35.5 Å². The molecule has 63 heavy (non-hydrogen) atoms. The van der Waals surface area contributed by atoms with Crippen molar-refractivity contribution in [1.82, 2.24) is 5.06 Å². The van der Waals surface area contributed by atoms with Crippen molar-refractivity contribution in [2.24, 2.45) is 5.41 Å². The number of imide groups is 1. The molecule has 14 nitrogen and oxygen atoms in total. The maximum Gasteiger partial charge on any atom is 1.00 e. The van der Waals surface area contributed by atoms with E-state index in [0.29, 0.717) is 22.0 Å². The molecule has 0 aliphatic carbocycles. The first kappa shape index (κ1) is 49.8. The molecule has 0 radical (unpaired) electrons. The number of rotatable bonds is 14. The van der Waals surface area contributed by atoms with Crippen LogP contribution in [0, 0.1) is 5.41 Å². The van der Waals surface area contributed by atoms with Crippen molar-refractivity contribution in [3.05, 3.63) is 95.3 Å². The van der Waals surface area contributed by atoms with Crippen LogP contribution in [0.2, 0.25) is 0 Å². The molecular weight excluding hydrogens is 858 g/mol. The van der Waals surface area contributed by atoms with Crippen LogP contribution in [0.25, 0.3) is 11.1 Å². The van der Waals surface area contributed by atoms with Crippen LogP contribution in [-0.4, -0.2) is 83.5 Å². The number of benzene rings is 2. The van der Waals surface area contributed by atoms with E-state index in [-0.39, 0.29) is 85.6 Å². The summed E-state index contributed by atoms with van der Waals surface area (Å²) in [5.41, 5.74) is 5.28. The number of hydrogen-bond donors (Lipinski definition) is 0. The van der Waals surface area contributed by atoms with Gasteiger partial charge in [0.25, 0.3) is 11.8 Å². The summed E-state index contributed by atoms with van der Waals surface area (Å²) in [5, 5.41) is 0.471. The zero-order valence-corrected chi connectivity index (χ0v) is 41.1. The van der Waals surface area contributed by atoms with Gasteiger partial charge in [-0.3, -0.25) is 9.59 Å². The minimum atomic E-state index is -4.89. The Bertz CT molecular complexity index is 2620. The maximum atomic E-state index is 12.8. The number of anilines is 1. The molecule has 1 fully saturated rings. The molecule has 0 bridgehead atoms. The number of nitrogens with zero attached hydrogens (tertiary/aromatic N) is 3. The first-order chi connectivity index (χ1) is 28.8. The fraction of sp³-hybridized carbons (Fsp3) is 0.435. The van der Waals surface area contributed by atoms with Crippen LogP contribution in [0.4, 0.5) is 11.4 Å². The van der Waals surface area contributed by atoms with E-state index in [0.717, 1.165) is 40.4 Å². The average molecular weight is 912 g/mol. The fourth-order valence-corrected chi connectivity index (χ4v) is 9.70. The van der Waals surface area contributed by atoms with Gasteiger partial charge in [-0.1, -0.05) is 51.2 Å². The van der Waals surface area contributed by atoms with E-state index in [1.165, 1.54) is 23.8 Å². The number of ether oxygens (including phenoxy) is 1. The minimum Gasteiger partial charge on any atom is -0.748 e. The standard InChI is InChI=1S/C46H55N3O11S2.Na/c1-9-48-37-28-38-34(27-33(37)30(2)29-45(48,6)7)31(25-40(59-38)44(3,4)5)15-11-10-12-16-39-46(8,22-13-17-43(52)60-49-41(50)20-21-42(49)51)35-26-32(62(56,57)58)18-19-36(35)47(39)23-14-24-61(53,54)55;/h10-12,15-16,18-19,25-29H,9,13-14,17,20-24H2,1-8H3,(H-,53,54,55,56,57,58);/q;+1/p-1. The molecule has 4 aliphatic rings. The predicted octanol–water partition coefficient (Wildman–Crippen LogP) is 4.20. The summed E-state index contributed by atoms with van der Waals surface area (Å²) in [6, 6.07) is 8.23. The average Bonchev–Trinajstić information content (AvgIpc) is 3.59. The van der Waals surface area contributed by atoms with Gasteiger partial charge in [-0.2, -0.15) is 4.58 Å². The van der Waals surface area contributed by atoms with E-state index in [2.05, 4.69) is 71.6 Å². The molecule has 2 aromatic carbocycles. The van der Waals surface area contributed by atoms with Crippen LogP contribution in [0.1, 0.15) is 111 Å². The molecule has 1 atom stereocenters. The number of amides is 2. The molecule has 0 N–H and O–H groups in total. The molecule has 4 heterocycles. The van der Waals surface area contributed by atoms with Gasteiger partial charge in [0.15, 0.2) is 5.71 Å². The minimum absolute atomic E-state index is 0. The molecule has 4 aliphatic heterocycles. The monoisotopic (exact) mass is 911 g/mol. The molecule has 2 aromatic rings. The van der Waals surface area contributed by atoms with E-state index in [1.54, 1.807) is 16.7 Å². The number of carbonyl (C=O) groups excluding carboxylic acids is 3. The quantitative estimate of drug-likeness (QED) is 0.0864. The summed E-state index contributed by atoms with van der Waals surface area (Å²) < 4.78 is 80.0. The number of carbonyl (C=O) groups is 3. The second-order valence-electron chi connectivity index (χ2n) is 17.8. The van der Waals surface area contributed by atoms with Gasteiger partial charge in [-0.05, 0) is 82.9 Å². The van der Waals surface area contributed by atoms with Gasteiger partial charge in [0, 0.05) is 84.0 Å². The van der Waals surface area contributed by atoms with E-state index >= 15 is 0 Å². The molecule has 2 amide bonds. The van der Waals surface area contributed by atoms with Crippen molar-refractivity contribution in [2.45, 2.75) is 110 Å². The van der Waals surface area contributed by atoms with Gasteiger partial charge in [0.1, 0.15) is 28.2 Å². The van der Waals surface area contributed by atoms with E-state index in [1.807, 2.05) is 31.2 Å². The first-order valence-corrected chi connectivity index (χ1v) is 23.7. The van der Waals surface area contributed by atoms with E-state index in [4.69, 9.17) is 9.57 Å². The van der Waals surface area contributed by atoms with Crippen molar-refractivity contribution in [3.63, 3.8) is 0 Å². The Morgan fingerprint density at radius 2 is 1.65 bits per heavy atom. The smallest absolute Gasteiger partial charge is 0.748 e. The second-order valence-corrected chi connectivity index (χ2v) is 20.7. The molecule has 1 saturated heterocycles.